The van der Waals surface area contributed by atoms with Gasteiger partial charge in [-0.2, -0.15) is 0 Å². The Bertz CT molecular complexity index is 258. The molecule has 1 saturated carbocycles. The van der Waals surface area contributed by atoms with Gasteiger partial charge in [-0.3, -0.25) is 0 Å². The minimum Gasteiger partial charge on any atom is -0.313 e. The van der Waals surface area contributed by atoms with Gasteiger partial charge in [-0.1, -0.05) is 27.7 Å². The van der Waals surface area contributed by atoms with Crippen LogP contribution in [0.15, 0.2) is 0 Å². The first kappa shape index (κ1) is 15.3. The summed E-state index contributed by atoms with van der Waals surface area (Å²) in [5.74, 6) is 3.57. The molecule has 2 rings (SSSR count). The molecule has 1 saturated heterocycles. The van der Waals surface area contributed by atoms with Crippen LogP contribution in [0.5, 0.6) is 0 Å². The molecule has 1 heterocycles. The van der Waals surface area contributed by atoms with Gasteiger partial charge in [-0.25, -0.2) is 0 Å². The molecule has 0 aromatic rings. The molecule has 2 fully saturated rings. The number of nitrogens with one attached hydrogen (secondary N) is 1. The zero-order valence-electron chi connectivity index (χ0n) is 13.5. The summed E-state index contributed by atoms with van der Waals surface area (Å²) in [6.45, 7) is 14.6. The van der Waals surface area contributed by atoms with Crippen LogP contribution in [0.2, 0.25) is 0 Å². The molecule has 2 atom stereocenters. The molecular weight excluding hydrogens is 232 g/mol. The van der Waals surface area contributed by atoms with Crippen LogP contribution in [0, 0.1) is 23.7 Å². The highest BCUT2D eigenvalue weighted by molar-refractivity contribution is 4.87. The lowest BCUT2D eigenvalue weighted by Gasteiger charge is -2.40. The summed E-state index contributed by atoms with van der Waals surface area (Å²) in [6.07, 6.45) is 5.66. The van der Waals surface area contributed by atoms with Crippen molar-refractivity contribution in [1.29, 1.82) is 0 Å². The minimum absolute atomic E-state index is 0.735. The molecule has 2 unspecified atom stereocenters. The molecule has 0 aromatic carbocycles. The Hall–Kier alpha value is -0.0800. The lowest BCUT2D eigenvalue weighted by Crippen LogP contribution is -2.51. The summed E-state index contributed by atoms with van der Waals surface area (Å²) in [5.41, 5.74) is 0. The SMILES string of the molecule is CC(C)CCNC1CC(C(C)C)CN(CC2CC2)C1. The van der Waals surface area contributed by atoms with Crippen LogP contribution in [0.1, 0.15) is 53.4 Å². The topological polar surface area (TPSA) is 15.3 Å². The molecular formula is C17H34N2. The first-order valence-corrected chi connectivity index (χ1v) is 8.50. The Balaban J connectivity index is 1.79. The maximum atomic E-state index is 3.82. The van der Waals surface area contributed by atoms with E-state index in [2.05, 4.69) is 37.9 Å². The molecule has 0 spiro atoms. The van der Waals surface area contributed by atoms with E-state index >= 15 is 0 Å². The minimum atomic E-state index is 0.735. The van der Waals surface area contributed by atoms with Crippen molar-refractivity contribution in [2.45, 2.75) is 59.4 Å². The van der Waals surface area contributed by atoms with Gasteiger partial charge in [-0.05, 0) is 55.9 Å². The maximum absolute atomic E-state index is 3.82. The third-order valence-corrected chi connectivity index (χ3v) is 4.87. The van der Waals surface area contributed by atoms with Crippen molar-refractivity contribution < 1.29 is 0 Å². The fourth-order valence-corrected chi connectivity index (χ4v) is 3.25. The van der Waals surface area contributed by atoms with Gasteiger partial charge in [0.25, 0.3) is 0 Å². The van der Waals surface area contributed by atoms with E-state index in [-0.39, 0.29) is 0 Å². The average Bonchev–Trinajstić information content (AvgIpc) is 3.12. The van der Waals surface area contributed by atoms with Crippen LogP contribution in [-0.4, -0.2) is 37.1 Å². The number of hydrogen-bond acceptors (Lipinski definition) is 2. The highest BCUT2D eigenvalue weighted by Gasteiger charge is 2.32. The zero-order valence-corrected chi connectivity index (χ0v) is 13.5. The van der Waals surface area contributed by atoms with Crippen molar-refractivity contribution in [1.82, 2.24) is 10.2 Å². The zero-order chi connectivity index (χ0) is 13.8. The van der Waals surface area contributed by atoms with Gasteiger partial charge in [0.15, 0.2) is 0 Å². The third kappa shape index (κ3) is 5.43. The van der Waals surface area contributed by atoms with Crippen molar-refractivity contribution in [3.63, 3.8) is 0 Å². The molecule has 2 aliphatic rings. The van der Waals surface area contributed by atoms with Gasteiger partial charge >= 0.3 is 0 Å². The summed E-state index contributed by atoms with van der Waals surface area (Å²) in [7, 11) is 0. The summed E-state index contributed by atoms with van der Waals surface area (Å²) in [4.78, 5) is 2.75. The molecule has 1 N–H and O–H groups in total. The molecule has 1 aliphatic carbocycles. The van der Waals surface area contributed by atoms with Crippen molar-refractivity contribution in [3.8, 4) is 0 Å². The monoisotopic (exact) mass is 266 g/mol. The van der Waals surface area contributed by atoms with E-state index in [1.54, 1.807) is 0 Å². The van der Waals surface area contributed by atoms with E-state index in [0.29, 0.717) is 0 Å². The highest BCUT2D eigenvalue weighted by atomic mass is 15.2. The van der Waals surface area contributed by atoms with Gasteiger partial charge in [0.2, 0.25) is 0 Å². The van der Waals surface area contributed by atoms with E-state index in [4.69, 9.17) is 0 Å². The Labute approximate surface area is 120 Å². The molecule has 112 valence electrons. The number of rotatable bonds is 7. The first-order chi connectivity index (χ1) is 9.04. The fourth-order valence-electron chi connectivity index (χ4n) is 3.25. The molecule has 19 heavy (non-hydrogen) atoms. The molecule has 0 aromatic heterocycles. The summed E-state index contributed by atoms with van der Waals surface area (Å²) in [5, 5.41) is 3.82. The van der Waals surface area contributed by atoms with Crippen molar-refractivity contribution >= 4 is 0 Å². The molecule has 2 heteroatoms. The number of nitrogens with zero attached hydrogens (tertiary/aromatic N) is 1. The molecule has 0 amide bonds. The highest BCUT2D eigenvalue weighted by Crippen LogP contribution is 2.32. The normalized spacial score (nSPS) is 29.4. The second-order valence-electron chi connectivity index (χ2n) is 7.74. The van der Waals surface area contributed by atoms with E-state index in [1.165, 1.54) is 51.9 Å². The molecule has 0 radical (unpaired) electrons. The maximum Gasteiger partial charge on any atom is 0.0198 e. The number of piperidine rings is 1. The van der Waals surface area contributed by atoms with E-state index in [9.17, 15) is 0 Å². The second-order valence-corrected chi connectivity index (χ2v) is 7.74. The van der Waals surface area contributed by atoms with E-state index in [0.717, 1.165) is 29.7 Å². The van der Waals surface area contributed by atoms with Crippen LogP contribution in [0.3, 0.4) is 0 Å². The number of likely N-dealkylation sites (tertiary alicyclic amines) is 1. The summed E-state index contributed by atoms with van der Waals surface area (Å²) in [6, 6.07) is 0.735. The summed E-state index contributed by atoms with van der Waals surface area (Å²) >= 11 is 0. The van der Waals surface area contributed by atoms with Gasteiger partial charge in [0.05, 0.1) is 0 Å². The molecule has 1 aliphatic heterocycles. The largest absolute Gasteiger partial charge is 0.313 e. The van der Waals surface area contributed by atoms with Gasteiger partial charge in [0.1, 0.15) is 0 Å². The summed E-state index contributed by atoms with van der Waals surface area (Å²) < 4.78 is 0. The quantitative estimate of drug-likeness (QED) is 0.760. The number of hydrogen-bond donors (Lipinski definition) is 1. The van der Waals surface area contributed by atoms with Crippen LogP contribution in [-0.2, 0) is 0 Å². The standard InChI is InChI=1S/C17H34N2/c1-13(2)7-8-18-17-9-16(14(3)4)11-19(12-17)10-15-5-6-15/h13-18H,5-12H2,1-4H3. The predicted molar refractivity (Wildman–Crippen MR) is 83.4 cm³/mol. The average molecular weight is 266 g/mol. The Morgan fingerprint density at radius 3 is 2.42 bits per heavy atom. The van der Waals surface area contributed by atoms with Gasteiger partial charge in [0, 0.05) is 25.7 Å². The molecule has 0 bridgehead atoms. The second kappa shape index (κ2) is 7.08. The van der Waals surface area contributed by atoms with Crippen LogP contribution in [0.25, 0.3) is 0 Å². The van der Waals surface area contributed by atoms with Crippen LogP contribution < -0.4 is 5.32 Å². The third-order valence-electron chi connectivity index (χ3n) is 4.87. The smallest absolute Gasteiger partial charge is 0.0198 e. The Morgan fingerprint density at radius 2 is 1.84 bits per heavy atom. The van der Waals surface area contributed by atoms with Crippen molar-refractivity contribution in [2.75, 3.05) is 26.2 Å². The first-order valence-electron chi connectivity index (χ1n) is 8.50. The van der Waals surface area contributed by atoms with E-state index < -0.39 is 0 Å². The van der Waals surface area contributed by atoms with Crippen LogP contribution in [0.4, 0.5) is 0 Å². The van der Waals surface area contributed by atoms with Crippen molar-refractivity contribution in [3.05, 3.63) is 0 Å². The Kier molecular flexibility index (Phi) is 5.70. The Morgan fingerprint density at radius 1 is 1.11 bits per heavy atom. The van der Waals surface area contributed by atoms with Gasteiger partial charge in [-0.15, -0.1) is 0 Å². The molecule has 2 nitrogen and oxygen atoms in total. The lowest BCUT2D eigenvalue weighted by atomic mass is 9.85. The predicted octanol–water partition coefficient (Wildman–Crippen LogP) is 3.38. The van der Waals surface area contributed by atoms with Crippen LogP contribution >= 0.6 is 0 Å². The van der Waals surface area contributed by atoms with Gasteiger partial charge < -0.3 is 10.2 Å². The lowest BCUT2D eigenvalue weighted by molar-refractivity contribution is 0.111. The van der Waals surface area contributed by atoms with E-state index in [1.807, 2.05) is 0 Å². The fraction of sp³-hybridized carbons (Fsp3) is 1.00. The van der Waals surface area contributed by atoms with Crippen molar-refractivity contribution in [2.24, 2.45) is 23.7 Å².